The van der Waals surface area contributed by atoms with Crippen molar-refractivity contribution >= 4 is 76.0 Å². The molecule has 230 valence electrons. The Morgan fingerprint density at radius 3 is 2.18 bits per heavy atom. The summed E-state index contributed by atoms with van der Waals surface area (Å²) in [6, 6.07) is 20.8. The van der Waals surface area contributed by atoms with Crippen LogP contribution in [0.25, 0.3) is 6.08 Å². The van der Waals surface area contributed by atoms with E-state index in [0.717, 1.165) is 16.0 Å². The molecule has 0 saturated carbocycles. The number of nitrogens with zero attached hydrogens (tertiary/aromatic N) is 1. The van der Waals surface area contributed by atoms with Gasteiger partial charge in [0.2, 0.25) is 0 Å². The number of carbonyl (C=O) groups excluding carboxylic acids is 3. The van der Waals surface area contributed by atoms with Crippen LogP contribution in [0.3, 0.4) is 0 Å². The van der Waals surface area contributed by atoms with E-state index < -0.39 is 17.8 Å². The van der Waals surface area contributed by atoms with E-state index in [1.165, 1.54) is 24.3 Å². The third-order valence-electron chi connectivity index (χ3n) is 6.58. The molecule has 4 aromatic carbocycles. The van der Waals surface area contributed by atoms with Crippen LogP contribution in [0.2, 0.25) is 20.1 Å². The molecule has 8 nitrogen and oxygen atoms in total. The number of amides is 4. The zero-order valence-electron chi connectivity index (χ0n) is 23.6. The van der Waals surface area contributed by atoms with Crippen LogP contribution in [0, 0.1) is 0 Å². The molecule has 1 aliphatic heterocycles. The number of halogens is 4. The summed E-state index contributed by atoms with van der Waals surface area (Å²) in [4.78, 5) is 39.9. The highest BCUT2D eigenvalue weighted by Crippen LogP contribution is 2.38. The lowest BCUT2D eigenvalue weighted by atomic mass is 10.1. The minimum atomic E-state index is -0.889. The summed E-state index contributed by atoms with van der Waals surface area (Å²) in [5.41, 5.74) is 1.81. The third kappa shape index (κ3) is 7.54. The lowest BCUT2D eigenvalue weighted by Gasteiger charge is -2.26. The van der Waals surface area contributed by atoms with Gasteiger partial charge in [-0.3, -0.25) is 14.9 Å². The highest BCUT2D eigenvalue weighted by molar-refractivity contribution is 6.39. The van der Waals surface area contributed by atoms with Crippen molar-refractivity contribution in [3.05, 3.63) is 121 Å². The fourth-order valence-corrected chi connectivity index (χ4v) is 5.32. The van der Waals surface area contributed by atoms with E-state index in [1.54, 1.807) is 49.4 Å². The van der Waals surface area contributed by atoms with Gasteiger partial charge in [-0.05, 0) is 73.2 Å². The molecular formula is C33H24Cl4N2O6. The molecular weight excluding hydrogens is 662 g/mol. The molecule has 45 heavy (non-hydrogen) atoms. The van der Waals surface area contributed by atoms with Gasteiger partial charge in [-0.25, -0.2) is 9.69 Å². The van der Waals surface area contributed by atoms with Gasteiger partial charge >= 0.3 is 6.03 Å². The number of nitrogens with one attached hydrogen (secondary N) is 1. The number of urea groups is 1. The lowest BCUT2D eigenvalue weighted by Crippen LogP contribution is -2.54. The van der Waals surface area contributed by atoms with Crippen molar-refractivity contribution in [1.82, 2.24) is 5.32 Å². The Morgan fingerprint density at radius 1 is 0.756 bits per heavy atom. The second-order valence-corrected chi connectivity index (χ2v) is 11.3. The molecule has 5 rings (SSSR count). The van der Waals surface area contributed by atoms with Gasteiger partial charge in [0.1, 0.15) is 24.5 Å². The summed E-state index contributed by atoms with van der Waals surface area (Å²) >= 11 is 25.0. The minimum absolute atomic E-state index is 0.135. The predicted octanol–water partition coefficient (Wildman–Crippen LogP) is 8.52. The Labute approximate surface area is 279 Å². The first kappa shape index (κ1) is 32.2. The van der Waals surface area contributed by atoms with E-state index in [9.17, 15) is 14.4 Å². The van der Waals surface area contributed by atoms with Crippen molar-refractivity contribution in [1.29, 1.82) is 0 Å². The van der Waals surface area contributed by atoms with E-state index in [-0.39, 0.29) is 35.2 Å². The van der Waals surface area contributed by atoms with E-state index >= 15 is 0 Å². The summed E-state index contributed by atoms with van der Waals surface area (Å²) in [5.74, 6) is -0.627. The highest BCUT2D eigenvalue weighted by atomic mass is 35.5. The third-order valence-corrected chi connectivity index (χ3v) is 7.82. The molecule has 0 aliphatic carbocycles. The van der Waals surface area contributed by atoms with E-state index in [4.69, 9.17) is 60.6 Å². The maximum atomic E-state index is 13.5. The van der Waals surface area contributed by atoms with Gasteiger partial charge in [-0.2, -0.15) is 0 Å². The van der Waals surface area contributed by atoms with Gasteiger partial charge in [0.05, 0.1) is 17.3 Å². The number of hydrogen-bond acceptors (Lipinski definition) is 6. The average Bonchev–Trinajstić information content (AvgIpc) is 3.00. The van der Waals surface area contributed by atoms with Gasteiger partial charge in [0.25, 0.3) is 11.8 Å². The van der Waals surface area contributed by atoms with Crippen LogP contribution in [0.1, 0.15) is 23.6 Å². The van der Waals surface area contributed by atoms with Gasteiger partial charge in [0.15, 0.2) is 11.5 Å². The Hall–Kier alpha value is -4.21. The second kappa shape index (κ2) is 14.3. The zero-order chi connectivity index (χ0) is 32.1. The number of imide groups is 2. The molecule has 0 spiro atoms. The molecule has 0 atom stereocenters. The van der Waals surface area contributed by atoms with E-state index in [2.05, 4.69) is 5.32 Å². The highest BCUT2D eigenvalue weighted by Gasteiger charge is 2.37. The largest absolute Gasteiger partial charge is 0.490 e. The second-order valence-electron chi connectivity index (χ2n) is 9.62. The first-order valence-corrected chi connectivity index (χ1v) is 15.1. The van der Waals surface area contributed by atoms with Crippen LogP contribution in [0.5, 0.6) is 17.2 Å². The first-order valence-electron chi connectivity index (χ1n) is 13.6. The van der Waals surface area contributed by atoms with Crippen molar-refractivity contribution in [3.8, 4) is 17.2 Å². The summed E-state index contributed by atoms with van der Waals surface area (Å²) in [6.45, 7) is 2.40. The smallest absolute Gasteiger partial charge is 0.335 e. The van der Waals surface area contributed by atoms with Crippen LogP contribution in [0.15, 0.2) is 84.4 Å². The molecule has 1 saturated heterocycles. The molecule has 1 N–H and O–H groups in total. The summed E-state index contributed by atoms with van der Waals surface area (Å²) in [6.07, 6.45) is 1.33. The fourth-order valence-electron chi connectivity index (χ4n) is 4.39. The fraction of sp³-hybridized carbons (Fsp3) is 0.121. The number of ether oxygens (including phenoxy) is 3. The molecule has 1 fully saturated rings. The summed E-state index contributed by atoms with van der Waals surface area (Å²) in [7, 11) is 0. The number of barbiturate groups is 1. The van der Waals surface area contributed by atoms with Crippen molar-refractivity contribution in [2.75, 3.05) is 11.5 Å². The molecule has 1 heterocycles. The molecule has 0 unspecified atom stereocenters. The summed E-state index contributed by atoms with van der Waals surface area (Å²) in [5, 5.41) is 3.92. The summed E-state index contributed by atoms with van der Waals surface area (Å²) < 4.78 is 17.5. The SMILES string of the molecule is CCOc1cc(/C=C2\C(=O)NC(=O)N(c3ccc(OCc4ccc(Cl)cc4Cl)cc3)C2=O)cc(Cl)c1OCc1ccccc1Cl. The first-order chi connectivity index (χ1) is 21.6. The zero-order valence-corrected chi connectivity index (χ0v) is 26.6. The molecule has 0 bridgehead atoms. The van der Waals surface area contributed by atoms with Crippen LogP contribution in [-0.2, 0) is 22.8 Å². The Balaban J connectivity index is 1.36. The number of hydrogen-bond donors (Lipinski definition) is 1. The molecule has 4 aromatic rings. The number of carbonyl (C=O) groups is 3. The lowest BCUT2D eigenvalue weighted by molar-refractivity contribution is -0.122. The van der Waals surface area contributed by atoms with Crippen molar-refractivity contribution in [3.63, 3.8) is 0 Å². The van der Waals surface area contributed by atoms with Crippen molar-refractivity contribution in [2.24, 2.45) is 0 Å². The van der Waals surface area contributed by atoms with Crippen LogP contribution in [-0.4, -0.2) is 24.5 Å². The Bertz CT molecular complexity index is 1810. The van der Waals surface area contributed by atoms with E-state index in [1.807, 2.05) is 18.2 Å². The maximum absolute atomic E-state index is 13.5. The molecule has 0 aromatic heterocycles. The van der Waals surface area contributed by atoms with Crippen LogP contribution >= 0.6 is 46.4 Å². The van der Waals surface area contributed by atoms with Gasteiger partial charge < -0.3 is 14.2 Å². The minimum Gasteiger partial charge on any atom is -0.490 e. The Morgan fingerprint density at radius 2 is 1.47 bits per heavy atom. The average molecular weight is 686 g/mol. The van der Waals surface area contributed by atoms with Crippen LogP contribution < -0.4 is 24.4 Å². The number of rotatable bonds is 10. The molecule has 12 heteroatoms. The van der Waals surface area contributed by atoms with E-state index in [0.29, 0.717) is 38.7 Å². The molecule has 1 aliphatic rings. The van der Waals surface area contributed by atoms with Gasteiger partial charge in [-0.1, -0.05) is 70.7 Å². The van der Waals surface area contributed by atoms with Crippen LogP contribution in [0.4, 0.5) is 10.5 Å². The molecule has 0 radical (unpaired) electrons. The standard InChI is InChI=1S/C33H24Cl4N2O6/c1-2-43-29-15-19(14-28(37)30(29)45-18-20-5-3-4-6-26(20)35)13-25-31(40)38-33(42)39(32(25)41)23-9-11-24(12-10-23)44-17-21-7-8-22(34)16-27(21)36/h3-16H,2,17-18H2,1H3,(H,38,40,42)/b25-13+. The molecule has 4 amide bonds. The van der Waals surface area contributed by atoms with Crippen molar-refractivity contribution < 1.29 is 28.6 Å². The van der Waals surface area contributed by atoms with Gasteiger partial charge in [-0.15, -0.1) is 0 Å². The predicted molar refractivity (Wildman–Crippen MR) is 175 cm³/mol. The number of anilines is 1. The topological polar surface area (TPSA) is 94.2 Å². The number of benzene rings is 4. The monoisotopic (exact) mass is 684 g/mol. The van der Waals surface area contributed by atoms with Crippen molar-refractivity contribution in [2.45, 2.75) is 20.1 Å². The van der Waals surface area contributed by atoms with Gasteiger partial charge in [0, 0.05) is 26.2 Å². The maximum Gasteiger partial charge on any atom is 0.335 e. The normalized spacial score (nSPS) is 14.0. The quantitative estimate of drug-likeness (QED) is 0.133. The Kier molecular flexibility index (Phi) is 10.2.